The molecule has 0 fully saturated rings. The van der Waals surface area contributed by atoms with Crippen LogP contribution in [0, 0.1) is 12.8 Å². The highest BCUT2D eigenvalue weighted by atomic mass is 16.5. The Labute approximate surface area is 200 Å². The number of carbonyl (C=O) groups is 3. The number of aliphatic hydroxyl groups is 2. The van der Waals surface area contributed by atoms with E-state index in [1.54, 1.807) is 51.5 Å². The number of aliphatic hydroxyl groups excluding tert-OH is 2. The summed E-state index contributed by atoms with van der Waals surface area (Å²) in [5.41, 5.74) is 3.45. The van der Waals surface area contributed by atoms with Gasteiger partial charge in [0.1, 0.15) is 5.75 Å². The van der Waals surface area contributed by atoms with Crippen molar-refractivity contribution in [1.82, 2.24) is 4.90 Å². The Hall–Kier alpha value is -3.55. The molecule has 2 N–H and O–H groups in total. The molecule has 0 aliphatic carbocycles. The van der Waals surface area contributed by atoms with Crippen LogP contribution < -0.4 is 4.74 Å². The molecule has 7 heteroatoms. The molecule has 0 bridgehead atoms. The molecule has 0 radical (unpaired) electrons. The number of benzene rings is 2. The van der Waals surface area contributed by atoms with E-state index in [-0.39, 0.29) is 25.5 Å². The molecule has 2 aromatic rings. The lowest BCUT2D eigenvalue weighted by atomic mass is 9.92. The quantitative estimate of drug-likeness (QED) is 0.391. The number of ketones is 2. The first-order valence-corrected chi connectivity index (χ1v) is 10.8. The Morgan fingerprint density at radius 3 is 2.00 bits per heavy atom. The second kappa shape index (κ2) is 12.6. The third kappa shape index (κ3) is 7.23. The maximum Gasteiger partial charge on any atom is 0.223 e. The van der Waals surface area contributed by atoms with Crippen molar-refractivity contribution < 1.29 is 29.3 Å². The van der Waals surface area contributed by atoms with Crippen LogP contribution in [0.25, 0.3) is 12.2 Å². The van der Waals surface area contributed by atoms with E-state index in [4.69, 9.17) is 4.74 Å². The molecule has 2 aromatic carbocycles. The Morgan fingerprint density at radius 1 is 0.912 bits per heavy atom. The standard InChI is InChI=1S/C27H31NO6/c1-18-5-6-20(14-26(18)34-4)9-12-25(32)23(15-27(33)28(2)3)24(31)11-8-19-7-10-21(16-29)22(13-19)17-30/h5-14,23,29-30H,15-17H2,1-4H3/b11-8+,12-9+. The van der Waals surface area contributed by atoms with Crippen molar-refractivity contribution in [3.63, 3.8) is 0 Å². The van der Waals surface area contributed by atoms with Crippen LogP contribution in [0.1, 0.15) is 34.2 Å². The average Bonchev–Trinajstić information content (AvgIpc) is 2.84. The molecular weight excluding hydrogens is 434 g/mol. The molecule has 0 aromatic heterocycles. The average molecular weight is 466 g/mol. The monoisotopic (exact) mass is 465 g/mol. The molecule has 34 heavy (non-hydrogen) atoms. The number of methoxy groups -OCH3 is 1. The van der Waals surface area contributed by atoms with E-state index in [1.807, 2.05) is 19.1 Å². The highest BCUT2D eigenvalue weighted by Gasteiger charge is 2.26. The number of ether oxygens (including phenoxy) is 1. The second-order valence-electron chi connectivity index (χ2n) is 8.09. The van der Waals surface area contributed by atoms with E-state index < -0.39 is 17.5 Å². The minimum Gasteiger partial charge on any atom is -0.496 e. The third-order valence-corrected chi connectivity index (χ3v) is 5.45. The van der Waals surface area contributed by atoms with Gasteiger partial charge in [-0.15, -0.1) is 0 Å². The van der Waals surface area contributed by atoms with Crippen LogP contribution in [0.3, 0.4) is 0 Å². The summed E-state index contributed by atoms with van der Waals surface area (Å²) in [6.07, 6.45) is 5.45. The maximum atomic E-state index is 12.9. The van der Waals surface area contributed by atoms with Crippen molar-refractivity contribution >= 4 is 29.6 Å². The SMILES string of the molecule is COc1cc(/C=C/C(=O)C(CC(=O)N(C)C)C(=O)/C=C/c2ccc(CO)c(CO)c2)ccc1C. The van der Waals surface area contributed by atoms with Crippen LogP contribution in [0.2, 0.25) is 0 Å². The van der Waals surface area contributed by atoms with E-state index >= 15 is 0 Å². The van der Waals surface area contributed by atoms with E-state index in [0.29, 0.717) is 22.4 Å². The van der Waals surface area contributed by atoms with Gasteiger partial charge in [-0.05, 0) is 59.0 Å². The van der Waals surface area contributed by atoms with Gasteiger partial charge in [0.25, 0.3) is 0 Å². The molecule has 0 heterocycles. The highest BCUT2D eigenvalue weighted by molar-refractivity contribution is 6.15. The minimum absolute atomic E-state index is 0.207. The molecule has 1 amide bonds. The summed E-state index contributed by atoms with van der Waals surface area (Å²) in [6.45, 7) is 1.45. The fraction of sp³-hybridized carbons (Fsp3) is 0.296. The number of aryl methyl sites for hydroxylation is 1. The number of nitrogens with zero attached hydrogens (tertiary/aromatic N) is 1. The summed E-state index contributed by atoms with van der Waals surface area (Å²) in [7, 11) is 4.70. The maximum absolute atomic E-state index is 12.9. The summed E-state index contributed by atoms with van der Waals surface area (Å²) in [6, 6.07) is 10.5. The van der Waals surface area contributed by atoms with Crippen molar-refractivity contribution in [3.8, 4) is 5.75 Å². The predicted octanol–water partition coefficient (Wildman–Crippen LogP) is 2.95. The molecule has 1 unspecified atom stereocenters. The van der Waals surface area contributed by atoms with Gasteiger partial charge in [0.2, 0.25) is 5.91 Å². The number of hydrogen-bond acceptors (Lipinski definition) is 6. The lowest BCUT2D eigenvalue weighted by Crippen LogP contribution is -2.30. The zero-order chi connectivity index (χ0) is 25.3. The van der Waals surface area contributed by atoms with Crippen molar-refractivity contribution in [2.24, 2.45) is 5.92 Å². The lowest BCUT2D eigenvalue weighted by molar-refractivity contribution is -0.136. The first-order chi connectivity index (χ1) is 16.2. The van der Waals surface area contributed by atoms with Gasteiger partial charge >= 0.3 is 0 Å². The topological polar surface area (TPSA) is 104 Å². The zero-order valence-corrected chi connectivity index (χ0v) is 19.9. The predicted molar refractivity (Wildman–Crippen MR) is 131 cm³/mol. The van der Waals surface area contributed by atoms with Gasteiger partial charge in [-0.1, -0.05) is 36.4 Å². The van der Waals surface area contributed by atoms with E-state index in [9.17, 15) is 24.6 Å². The number of hydrogen-bond donors (Lipinski definition) is 2. The summed E-state index contributed by atoms with van der Waals surface area (Å²) in [4.78, 5) is 39.5. The van der Waals surface area contributed by atoms with Gasteiger partial charge in [0.15, 0.2) is 11.6 Å². The molecule has 0 saturated heterocycles. The van der Waals surface area contributed by atoms with Crippen LogP contribution in [-0.4, -0.2) is 53.8 Å². The molecule has 7 nitrogen and oxygen atoms in total. The Balaban J connectivity index is 2.27. The van der Waals surface area contributed by atoms with E-state index in [2.05, 4.69) is 0 Å². The fourth-order valence-electron chi connectivity index (χ4n) is 3.28. The van der Waals surface area contributed by atoms with Gasteiger partial charge < -0.3 is 19.8 Å². The summed E-state index contributed by atoms with van der Waals surface area (Å²) < 4.78 is 5.30. The van der Waals surface area contributed by atoms with E-state index in [0.717, 1.165) is 11.1 Å². The fourth-order valence-corrected chi connectivity index (χ4v) is 3.28. The van der Waals surface area contributed by atoms with Gasteiger partial charge in [0, 0.05) is 20.5 Å². The molecule has 0 spiro atoms. The van der Waals surface area contributed by atoms with E-state index in [1.165, 1.54) is 23.1 Å². The van der Waals surface area contributed by atoms with Gasteiger partial charge in [0.05, 0.1) is 26.2 Å². The van der Waals surface area contributed by atoms with Gasteiger partial charge in [-0.3, -0.25) is 14.4 Å². The molecule has 1 atom stereocenters. The molecule has 0 saturated carbocycles. The number of carbonyl (C=O) groups excluding carboxylic acids is 3. The minimum atomic E-state index is -1.16. The van der Waals surface area contributed by atoms with Crippen molar-refractivity contribution in [1.29, 1.82) is 0 Å². The van der Waals surface area contributed by atoms with Crippen LogP contribution in [0.15, 0.2) is 48.6 Å². The molecule has 2 rings (SSSR count). The van der Waals surface area contributed by atoms with Gasteiger partial charge in [-0.2, -0.15) is 0 Å². The molecule has 0 aliphatic rings. The molecule has 0 aliphatic heterocycles. The highest BCUT2D eigenvalue weighted by Crippen LogP contribution is 2.21. The van der Waals surface area contributed by atoms with Crippen LogP contribution in [0.5, 0.6) is 5.75 Å². The van der Waals surface area contributed by atoms with Crippen LogP contribution in [-0.2, 0) is 27.6 Å². The number of amides is 1. The Bertz CT molecular complexity index is 1100. The van der Waals surface area contributed by atoms with Crippen molar-refractivity contribution in [3.05, 3.63) is 76.4 Å². The Morgan fingerprint density at radius 2 is 1.47 bits per heavy atom. The second-order valence-corrected chi connectivity index (χ2v) is 8.09. The van der Waals surface area contributed by atoms with Crippen molar-refractivity contribution in [2.45, 2.75) is 26.6 Å². The summed E-state index contributed by atoms with van der Waals surface area (Å²) in [5, 5.41) is 18.8. The molecule has 180 valence electrons. The number of rotatable bonds is 11. The normalized spacial score (nSPS) is 12.2. The van der Waals surface area contributed by atoms with Crippen molar-refractivity contribution in [2.75, 3.05) is 21.2 Å². The van der Waals surface area contributed by atoms with Gasteiger partial charge in [-0.25, -0.2) is 0 Å². The Kier molecular flexibility index (Phi) is 9.92. The largest absolute Gasteiger partial charge is 0.496 e. The third-order valence-electron chi connectivity index (χ3n) is 5.45. The zero-order valence-electron chi connectivity index (χ0n) is 19.9. The first kappa shape index (κ1) is 26.7. The molecular formula is C27H31NO6. The summed E-state index contributed by atoms with van der Waals surface area (Å²) in [5.74, 6) is -1.79. The van der Waals surface area contributed by atoms with Crippen LogP contribution >= 0.6 is 0 Å². The number of allylic oxidation sites excluding steroid dienone is 2. The first-order valence-electron chi connectivity index (χ1n) is 10.8. The lowest BCUT2D eigenvalue weighted by Gasteiger charge is -2.15. The smallest absolute Gasteiger partial charge is 0.223 e. The summed E-state index contributed by atoms with van der Waals surface area (Å²) >= 11 is 0. The van der Waals surface area contributed by atoms with Crippen LogP contribution in [0.4, 0.5) is 0 Å².